The number of rotatable bonds is 7. The first-order valence-electron chi connectivity index (χ1n) is 6.56. The van der Waals surface area contributed by atoms with E-state index in [4.69, 9.17) is 5.11 Å². The third-order valence-corrected chi connectivity index (χ3v) is 3.02. The molecular formula is C14H21N3O. The molecule has 18 heavy (non-hydrogen) atoms. The molecule has 0 fully saturated rings. The van der Waals surface area contributed by atoms with Gasteiger partial charge in [-0.25, -0.2) is 4.98 Å². The SMILES string of the molecule is Cc1nc2ccc(CCNCCCCO)cc2[nH]1. The third kappa shape index (κ3) is 3.55. The number of aliphatic hydroxyl groups excluding tert-OH is 1. The van der Waals surface area contributed by atoms with Crippen molar-refractivity contribution in [1.82, 2.24) is 15.3 Å². The standard InChI is InChI=1S/C14H21N3O/c1-11-16-13-5-4-12(10-14(13)17-11)6-8-15-7-2-3-9-18/h4-5,10,15,18H,2-3,6-9H2,1H3,(H,16,17). The minimum Gasteiger partial charge on any atom is -0.396 e. The molecule has 0 saturated heterocycles. The molecule has 3 N–H and O–H groups in total. The van der Waals surface area contributed by atoms with Crippen LogP contribution in [-0.2, 0) is 6.42 Å². The summed E-state index contributed by atoms with van der Waals surface area (Å²) < 4.78 is 0. The Morgan fingerprint density at radius 2 is 2.17 bits per heavy atom. The highest BCUT2D eigenvalue weighted by Crippen LogP contribution is 2.13. The van der Waals surface area contributed by atoms with Crippen molar-refractivity contribution in [3.63, 3.8) is 0 Å². The van der Waals surface area contributed by atoms with Crippen molar-refractivity contribution in [3.05, 3.63) is 29.6 Å². The number of nitrogens with zero attached hydrogens (tertiary/aromatic N) is 1. The molecule has 0 aliphatic heterocycles. The Balaban J connectivity index is 1.80. The first-order valence-corrected chi connectivity index (χ1v) is 6.56. The Morgan fingerprint density at radius 3 is 3.00 bits per heavy atom. The lowest BCUT2D eigenvalue weighted by Gasteiger charge is -2.04. The molecule has 0 radical (unpaired) electrons. The first kappa shape index (κ1) is 13.1. The van der Waals surface area contributed by atoms with Gasteiger partial charge in [-0.2, -0.15) is 0 Å². The van der Waals surface area contributed by atoms with Gasteiger partial charge in [-0.1, -0.05) is 6.07 Å². The van der Waals surface area contributed by atoms with Crippen LogP contribution in [0.3, 0.4) is 0 Å². The summed E-state index contributed by atoms with van der Waals surface area (Å²) in [4.78, 5) is 7.65. The van der Waals surface area contributed by atoms with E-state index in [0.717, 1.165) is 49.2 Å². The van der Waals surface area contributed by atoms with Crippen molar-refractivity contribution in [3.8, 4) is 0 Å². The zero-order valence-electron chi connectivity index (χ0n) is 10.9. The number of aliphatic hydroxyl groups is 1. The Kier molecular flexibility index (Phi) is 4.73. The molecule has 1 heterocycles. The molecule has 0 aliphatic carbocycles. The van der Waals surface area contributed by atoms with Crippen LogP contribution in [0.2, 0.25) is 0 Å². The Labute approximate surface area is 107 Å². The summed E-state index contributed by atoms with van der Waals surface area (Å²) in [6, 6.07) is 6.38. The van der Waals surface area contributed by atoms with E-state index in [1.54, 1.807) is 0 Å². The van der Waals surface area contributed by atoms with E-state index in [2.05, 4.69) is 33.5 Å². The van der Waals surface area contributed by atoms with Crippen LogP contribution in [-0.4, -0.2) is 34.8 Å². The van der Waals surface area contributed by atoms with Crippen LogP contribution < -0.4 is 5.32 Å². The Bertz CT molecular complexity index is 493. The molecule has 0 aliphatic rings. The summed E-state index contributed by atoms with van der Waals surface area (Å²) in [5, 5.41) is 12.1. The summed E-state index contributed by atoms with van der Waals surface area (Å²) in [6.07, 6.45) is 2.94. The van der Waals surface area contributed by atoms with Gasteiger partial charge in [0.05, 0.1) is 11.0 Å². The molecule has 1 aromatic carbocycles. The van der Waals surface area contributed by atoms with Crippen LogP contribution in [0, 0.1) is 6.92 Å². The van der Waals surface area contributed by atoms with E-state index < -0.39 is 0 Å². The lowest BCUT2D eigenvalue weighted by atomic mass is 10.1. The molecule has 0 spiro atoms. The van der Waals surface area contributed by atoms with E-state index in [-0.39, 0.29) is 6.61 Å². The van der Waals surface area contributed by atoms with Gasteiger partial charge in [-0.3, -0.25) is 0 Å². The minimum absolute atomic E-state index is 0.289. The zero-order valence-corrected chi connectivity index (χ0v) is 10.9. The van der Waals surface area contributed by atoms with E-state index in [1.165, 1.54) is 5.56 Å². The average molecular weight is 247 g/mol. The van der Waals surface area contributed by atoms with Crippen LogP contribution >= 0.6 is 0 Å². The molecule has 1 aromatic heterocycles. The number of imidazole rings is 1. The van der Waals surface area contributed by atoms with Crippen molar-refractivity contribution >= 4 is 11.0 Å². The number of fused-ring (bicyclic) bond motifs is 1. The molecule has 0 unspecified atom stereocenters. The second-order valence-corrected chi connectivity index (χ2v) is 4.60. The molecule has 0 bridgehead atoms. The van der Waals surface area contributed by atoms with Gasteiger partial charge in [0, 0.05) is 6.61 Å². The molecule has 4 heteroatoms. The van der Waals surface area contributed by atoms with E-state index in [0.29, 0.717) is 0 Å². The third-order valence-electron chi connectivity index (χ3n) is 3.02. The molecule has 0 saturated carbocycles. The lowest BCUT2D eigenvalue weighted by Crippen LogP contribution is -2.18. The average Bonchev–Trinajstić information content (AvgIpc) is 2.73. The van der Waals surface area contributed by atoms with E-state index in [1.807, 2.05) is 6.92 Å². The summed E-state index contributed by atoms with van der Waals surface area (Å²) in [6.45, 7) is 4.22. The number of aromatic nitrogens is 2. The topological polar surface area (TPSA) is 60.9 Å². The normalized spacial score (nSPS) is 11.2. The van der Waals surface area contributed by atoms with Crippen LogP contribution in [0.4, 0.5) is 0 Å². The minimum atomic E-state index is 0.289. The van der Waals surface area contributed by atoms with Crippen LogP contribution in [0.15, 0.2) is 18.2 Å². The van der Waals surface area contributed by atoms with Crippen molar-refractivity contribution in [1.29, 1.82) is 0 Å². The van der Waals surface area contributed by atoms with Gasteiger partial charge < -0.3 is 15.4 Å². The number of aryl methyl sites for hydroxylation is 1. The van der Waals surface area contributed by atoms with Gasteiger partial charge >= 0.3 is 0 Å². The van der Waals surface area contributed by atoms with Crippen LogP contribution in [0.5, 0.6) is 0 Å². The molecular weight excluding hydrogens is 226 g/mol. The maximum atomic E-state index is 8.67. The molecule has 0 atom stereocenters. The fourth-order valence-corrected chi connectivity index (χ4v) is 2.06. The smallest absolute Gasteiger partial charge is 0.104 e. The van der Waals surface area contributed by atoms with Crippen molar-refractivity contribution in [2.75, 3.05) is 19.7 Å². The number of unbranched alkanes of at least 4 members (excludes halogenated alkanes) is 1. The molecule has 4 nitrogen and oxygen atoms in total. The second-order valence-electron chi connectivity index (χ2n) is 4.60. The number of hydrogen-bond acceptors (Lipinski definition) is 3. The van der Waals surface area contributed by atoms with Crippen molar-refractivity contribution < 1.29 is 5.11 Å². The van der Waals surface area contributed by atoms with Crippen molar-refractivity contribution in [2.24, 2.45) is 0 Å². The van der Waals surface area contributed by atoms with E-state index in [9.17, 15) is 0 Å². The Morgan fingerprint density at radius 1 is 1.28 bits per heavy atom. The van der Waals surface area contributed by atoms with Crippen molar-refractivity contribution in [2.45, 2.75) is 26.2 Å². The first-order chi connectivity index (χ1) is 8.79. The lowest BCUT2D eigenvalue weighted by molar-refractivity contribution is 0.284. The zero-order chi connectivity index (χ0) is 12.8. The van der Waals surface area contributed by atoms with Gasteiger partial charge in [0.2, 0.25) is 0 Å². The molecule has 0 amide bonds. The predicted octanol–water partition coefficient (Wildman–Crippen LogP) is 1.78. The van der Waals surface area contributed by atoms with Gasteiger partial charge in [0.25, 0.3) is 0 Å². The van der Waals surface area contributed by atoms with Gasteiger partial charge in [-0.15, -0.1) is 0 Å². The molecule has 98 valence electrons. The van der Waals surface area contributed by atoms with Crippen LogP contribution in [0.25, 0.3) is 11.0 Å². The highest BCUT2D eigenvalue weighted by atomic mass is 16.2. The maximum absolute atomic E-state index is 8.67. The fraction of sp³-hybridized carbons (Fsp3) is 0.500. The number of H-pyrrole nitrogens is 1. The highest BCUT2D eigenvalue weighted by molar-refractivity contribution is 5.75. The monoisotopic (exact) mass is 247 g/mol. The summed E-state index contributed by atoms with van der Waals surface area (Å²) in [7, 11) is 0. The largest absolute Gasteiger partial charge is 0.396 e. The predicted molar refractivity (Wildman–Crippen MR) is 73.7 cm³/mol. The quantitative estimate of drug-likeness (QED) is 0.654. The summed E-state index contributed by atoms with van der Waals surface area (Å²) >= 11 is 0. The highest BCUT2D eigenvalue weighted by Gasteiger charge is 2.00. The summed E-state index contributed by atoms with van der Waals surface area (Å²) in [5.74, 6) is 0.962. The van der Waals surface area contributed by atoms with Gasteiger partial charge in [0.15, 0.2) is 0 Å². The maximum Gasteiger partial charge on any atom is 0.104 e. The number of aromatic amines is 1. The fourth-order valence-electron chi connectivity index (χ4n) is 2.06. The van der Waals surface area contributed by atoms with Crippen LogP contribution in [0.1, 0.15) is 24.2 Å². The Hall–Kier alpha value is -1.39. The van der Waals surface area contributed by atoms with E-state index >= 15 is 0 Å². The van der Waals surface area contributed by atoms with Gasteiger partial charge in [0.1, 0.15) is 5.82 Å². The summed E-state index contributed by atoms with van der Waals surface area (Å²) in [5.41, 5.74) is 3.47. The second kappa shape index (κ2) is 6.52. The number of nitrogens with one attached hydrogen (secondary N) is 2. The van der Waals surface area contributed by atoms with Gasteiger partial charge in [-0.05, 0) is 57.0 Å². The molecule has 2 rings (SSSR count). The number of hydrogen-bond donors (Lipinski definition) is 3. The number of benzene rings is 1. The molecule has 2 aromatic rings.